The van der Waals surface area contributed by atoms with Crippen LogP contribution in [0.1, 0.15) is 31.7 Å². The summed E-state index contributed by atoms with van der Waals surface area (Å²) >= 11 is 0. The van der Waals surface area contributed by atoms with Crippen LogP contribution in [-0.4, -0.2) is 12.5 Å². The number of amides is 1. The van der Waals surface area contributed by atoms with Crippen LogP contribution in [0.2, 0.25) is 0 Å². The van der Waals surface area contributed by atoms with Crippen molar-refractivity contribution in [1.82, 2.24) is 5.32 Å². The topological polar surface area (TPSA) is 29.1 Å². The van der Waals surface area contributed by atoms with Crippen LogP contribution in [-0.2, 0) is 10.2 Å². The third kappa shape index (κ3) is 1.94. The van der Waals surface area contributed by atoms with Crippen LogP contribution in [0.4, 0.5) is 4.39 Å². The van der Waals surface area contributed by atoms with E-state index in [1.54, 1.807) is 0 Å². The van der Waals surface area contributed by atoms with Gasteiger partial charge in [-0.1, -0.05) is 19.1 Å². The van der Waals surface area contributed by atoms with E-state index in [0.29, 0.717) is 13.0 Å². The van der Waals surface area contributed by atoms with Crippen molar-refractivity contribution in [3.63, 3.8) is 0 Å². The Morgan fingerprint density at radius 1 is 1.38 bits per heavy atom. The Balaban J connectivity index is 2.27. The third-order valence-corrected chi connectivity index (χ3v) is 3.59. The summed E-state index contributed by atoms with van der Waals surface area (Å²) in [6.45, 7) is 2.77. The first-order valence-electron chi connectivity index (χ1n) is 5.69. The Morgan fingerprint density at radius 2 is 2.06 bits per heavy atom. The molecule has 2 rings (SSSR count). The van der Waals surface area contributed by atoms with E-state index in [2.05, 4.69) is 12.2 Å². The van der Waals surface area contributed by atoms with Gasteiger partial charge in [0.25, 0.3) is 0 Å². The zero-order chi connectivity index (χ0) is 11.6. The molecule has 3 heteroatoms. The van der Waals surface area contributed by atoms with Gasteiger partial charge in [-0.2, -0.15) is 0 Å². The number of halogens is 1. The lowest BCUT2D eigenvalue weighted by molar-refractivity contribution is -0.123. The van der Waals surface area contributed by atoms with Gasteiger partial charge in [0.1, 0.15) is 5.82 Å². The first kappa shape index (κ1) is 11.1. The largest absolute Gasteiger partial charge is 0.355 e. The van der Waals surface area contributed by atoms with Gasteiger partial charge in [-0.05, 0) is 30.5 Å². The third-order valence-electron chi connectivity index (χ3n) is 3.59. The zero-order valence-corrected chi connectivity index (χ0v) is 9.42. The van der Waals surface area contributed by atoms with E-state index in [9.17, 15) is 9.18 Å². The Kier molecular flexibility index (Phi) is 2.95. The molecule has 0 aromatic heterocycles. The smallest absolute Gasteiger partial charge is 0.220 e. The number of hydrogen-bond acceptors (Lipinski definition) is 1. The lowest BCUT2D eigenvalue weighted by atomic mass is 9.73. The minimum atomic E-state index is -0.213. The van der Waals surface area contributed by atoms with E-state index >= 15 is 0 Å². The molecule has 1 N–H and O–H groups in total. The molecule has 0 radical (unpaired) electrons. The van der Waals surface area contributed by atoms with E-state index in [1.807, 2.05) is 12.1 Å². The number of carbonyl (C=O) groups is 1. The van der Waals surface area contributed by atoms with Crippen molar-refractivity contribution in [3.05, 3.63) is 35.6 Å². The van der Waals surface area contributed by atoms with Gasteiger partial charge in [0.15, 0.2) is 0 Å². The van der Waals surface area contributed by atoms with Crippen molar-refractivity contribution in [1.29, 1.82) is 0 Å². The first-order chi connectivity index (χ1) is 7.66. The molecule has 1 aliphatic heterocycles. The second-order valence-electron chi connectivity index (χ2n) is 4.42. The van der Waals surface area contributed by atoms with Crippen molar-refractivity contribution < 1.29 is 9.18 Å². The monoisotopic (exact) mass is 221 g/mol. The number of rotatable bonds is 2. The molecule has 86 valence electrons. The number of piperidine rings is 1. The van der Waals surface area contributed by atoms with Gasteiger partial charge in [0.05, 0.1) is 0 Å². The highest BCUT2D eigenvalue weighted by atomic mass is 19.1. The molecule has 1 amide bonds. The Hall–Kier alpha value is -1.38. The minimum Gasteiger partial charge on any atom is -0.355 e. The van der Waals surface area contributed by atoms with E-state index in [-0.39, 0.29) is 17.1 Å². The van der Waals surface area contributed by atoms with Gasteiger partial charge in [0, 0.05) is 18.4 Å². The maximum absolute atomic E-state index is 12.9. The molecule has 1 aromatic rings. The highest BCUT2D eigenvalue weighted by Crippen LogP contribution is 2.34. The van der Waals surface area contributed by atoms with Gasteiger partial charge < -0.3 is 5.32 Å². The summed E-state index contributed by atoms with van der Waals surface area (Å²) in [6.07, 6.45) is 2.37. The van der Waals surface area contributed by atoms with Crippen LogP contribution in [0, 0.1) is 5.82 Å². The molecular weight excluding hydrogens is 205 g/mol. The standard InChI is InChI=1S/C13H16FNO/c1-2-13(8-7-12(16)15-9-13)10-3-5-11(14)6-4-10/h3-6H,2,7-9H2,1H3,(H,15,16). The average molecular weight is 221 g/mol. The van der Waals surface area contributed by atoms with Gasteiger partial charge in [-0.25, -0.2) is 4.39 Å². The fraction of sp³-hybridized carbons (Fsp3) is 0.462. The zero-order valence-electron chi connectivity index (χ0n) is 9.42. The molecule has 1 unspecified atom stereocenters. The first-order valence-corrected chi connectivity index (χ1v) is 5.69. The fourth-order valence-corrected chi connectivity index (χ4v) is 2.35. The van der Waals surface area contributed by atoms with Crippen molar-refractivity contribution in [2.75, 3.05) is 6.54 Å². The van der Waals surface area contributed by atoms with Gasteiger partial charge >= 0.3 is 0 Å². The van der Waals surface area contributed by atoms with Crippen LogP contribution >= 0.6 is 0 Å². The lowest BCUT2D eigenvalue weighted by Gasteiger charge is -2.37. The van der Waals surface area contributed by atoms with E-state index in [1.165, 1.54) is 12.1 Å². The Labute approximate surface area is 94.9 Å². The molecule has 1 aliphatic rings. The van der Waals surface area contributed by atoms with Gasteiger partial charge in [-0.15, -0.1) is 0 Å². The van der Waals surface area contributed by atoms with Crippen LogP contribution in [0.5, 0.6) is 0 Å². The average Bonchev–Trinajstić information content (AvgIpc) is 2.32. The van der Waals surface area contributed by atoms with Crippen LogP contribution in [0.15, 0.2) is 24.3 Å². The Morgan fingerprint density at radius 3 is 2.56 bits per heavy atom. The highest BCUT2D eigenvalue weighted by molar-refractivity contribution is 5.77. The molecule has 1 atom stereocenters. The normalized spacial score (nSPS) is 25.2. The number of benzene rings is 1. The van der Waals surface area contributed by atoms with E-state index in [0.717, 1.165) is 18.4 Å². The lowest BCUT2D eigenvalue weighted by Crippen LogP contribution is -2.45. The molecule has 16 heavy (non-hydrogen) atoms. The summed E-state index contributed by atoms with van der Waals surface area (Å²) < 4.78 is 12.9. The van der Waals surface area contributed by atoms with Crippen molar-refractivity contribution in [3.8, 4) is 0 Å². The molecule has 2 nitrogen and oxygen atoms in total. The second kappa shape index (κ2) is 4.24. The minimum absolute atomic E-state index is 0.0123. The number of carbonyl (C=O) groups excluding carboxylic acids is 1. The SMILES string of the molecule is CCC1(c2ccc(F)cc2)CCC(=O)NC1. The molecule has 1 aromatic carbocycles. The van der Waals surface area contributed by atoms with Crippen LogP contribution in [0.25, 0.3) is 0 Å². The Bertz CT molecular complexity index is 375. The number of hydrogen-bond donors (Lipinski definition) is 1. The highest BCUT2D eigenvalue weighted by Gasteiger charge is 2.34. The molecule has 1 saturated heterocycles. The molecule has 0 saturated carbocycles. The van der Waals surface area contributed by atoms with Crippen molar-refractivity contribution in [2.45, 2.75) is 31.6 Å². The van der Waals surface area contributed by atoms with Gasteiger partial charge in [0.2, 0.25) is 5.91 Å². The molecule has 0 bridgehead atoms. The molecular formula is C13H16FNO. The predicted octanol–water partition coefficient (Wildman–Crippen LogP) is 2.38. The number of nitrogens with one attached hydrogen (secondary N) is 1. The van der Waals surface area contributed by atoms with Gasteiger partial charge in [-0.3, -0.25) is 4.79 Å². The summed E-state index contributed by atoms with van der Waals surface area (Å²) in [5.74, 6) is -0.0963. The van der Waals surface area contributed by atoms with E-state index < -0.39 is 0 Å². The van der Waals surface area contributed by atoms with E-state index in [4.69, 9.17) is 0 Å². The summed E-state index contributed by atoms with van der Waals surface area (Å²) in [7, 11) is 0. The summed E-state index contributed by atoms with van der Waals surface area (Å²) in [6, 6.07) is 6.64. The maximum atomic E-state index is 12.9. The fourth-order valence-electron chi connectivity index (χ4n) is 2.35. The van der Waals surface area contributed by atoms with Crippen molar-refractivity contribution >= 4 is 5.91 Å². The predicted molar refractivity (Wildman–Crippen MR) is 60.6 cm³/mol. The molecule has 1 fully saturated rings. The molecule has 0 spiro atoms. The maximum Gasteiger partial charge on any atom is 0.220 e. The molecule has 1 heterocycles. The summed E-state index contributed by atoms with van der Waals surface area (Å²) in [5.41, 5.74) is 1.11. The van der Waals surface area contributed by atoms with Crippen molar-refractivity contribution in [2.24, 2.45) is 0 Å². The van der Waals surface area contributed by atoms with Crippen LogP contribution < -0.4 is 5.32 Å². The summed E-state index contributed by atoms with van der Waals surface area (Å²) in [5, 5.41) is 2.90. The summed E-state index contributed by atoms with van der Waals surface area (Å²) in [4.78, 5) is 11.2. The quantitative estimate of drug-likeness (QED) is 0.816. The molecule has 0 aliphatic carbocycles. The van der Waals surface area contributed by atoms with Crippen LogP contribution in [0.3, 0.4) is 0 Å². The second-order valence-corrected chi connectivity index (χ2v) is 4.42.